The zero-order valence-electron chi connectivity index (χ0n) is 10.0. The molecule has 1 aliphatic heterocycles. The van der Waals surface area contributed by atoms with Crippen molar-refractivity contribution in [2.75, 3.05) is 0 Å². The molecule has 4 nitrogen and oxygen atoms in total. The summed E-state index contributed by atoms with van der Waals surface area (Å²) in [5.74, 6) is -1.82. The highest BCUT2D eigenvalue weighted by molar-refractivity contribution is 5.96. The number of esters is 2. The predicted molar refractivity (Wildman–Crippen MR) is 65.2 cm³/mol. The van der Waals surface area contributed by atoms with Gasteiger partial charge in [-0.15, -0.1) is 0 Å². The Morgan fingerprint density at radius 3 is 2.28 bits per heavy atom. The van der Waals surface area contributed by atoms with Crippen LogP contribution in [-0.4, -0.2) is 18.2 Å². The molecule has 0 aromatic heterocycles. The van der Waals surface area contributed by atoms with E-state index in [1.54, 1.807) is 19.1 Å². The van der Waals surface area contributed by atoms with E-state index < -0.39 is 24.1 Å². The summed E-state index contributed by atoms with van der Waals surface area (Å²) in [5.41, 5.74) is 0.946. The summed E-state index contributed by atoms with van der Waals surface area (Å²) in [6.45, 7) is 1.74. The minimum atomic E-state index is -0.923. The van der Waals surface area contributed by atoms with E-state index in [2.05, 4.69) is 0 Å². The zero-order chi connectivity index (χ0) is 13.0. The number of carbonyl (C=O) groups excluding carboxylic acids is 2. The SMILES string of the molecule is CCC1C(=O)OC(C=Cc2ccccc2)OC1=O. The lowest BCUT2D eigenvalue weighted by molar-refractivity contribution is -0.203. The molecular weight excluding hydrogens is 232 g/mol. The molecule has 0 amide bonds. The van der Waals surface area contributed by atoms with Crippen molar-refractivity contribution in [3.63, 3.8) is 0 Å². The number of benzene rings is 1. The van der Waals surface area contributed by atoms with E-state index in [-0.39, 0.29) is 0 Å². The molecule has 1 heterocycles. The topological polar surface area (TPSA) is 52.6 Å². The first-order chi connectivity index (χ1) is 8.70. The third-order valence-corrected chi connectivity index (χ3v) is 2.69. The van der Waals surface area contributed by atoms with E-state index in [1.807, 2.05) is 30.3 Å². The van der Waals surface area contributed by atoms with Crippen LogP contribution < -0.4 is 0 Å². The average Bonchev–Trinajstić information content (AvgIpc) is 2.37. The van der Waals surface area contributed by atoms with Gasteiger partial charge in [0, 0.05) is 0 Å². The Kier molecular flexibility index (Phi) is 3.77. The Morgan fingerprint density at radius 1 is 1.11 bits per heavy atom. The molecule has 4 heteroatoms. The van der Waals surface area contributed by atoms with Gasteiger partial charge in [-0.3, -0.25) is 9.59 Å². The molecule has 18 heavy (non-hydrogen) atoms. The first-order valence-electron chi connectivity index (χ1n) is 5.85. The maximum atomic E-state index is 11.5. The molecule has 0 spiro atoms. The highest BCUT2D eigenvalue weighted by Gasteiger charge is 2.36. The van der Waals surface area contributed by atoms with Crippen molar-refractivity contribution in [1.29, 1.82) is 0 Å². The first-order valence-corrected chi connectivity index (χ1v) is 5.85. The van der Waals surface area contributed by atoms with E-state index in [9.17, 15) is 9.59 Å². The van der Waals surface area contributed by atoms with E-state index in [0.717, 1.165) is 5.56 Å². The summed E-state index contributed by atoms with van der Waals surface area (Å²) in [6.07, 6.45) is 2.77. The lowest BCUT2D eigenvalue weighted by Crippen LogP contribution is -2.39. The molecule has 1 saturated heterocycles. The van der Waals surface area contributed by atoms with Crippen LogP contribution in [-0.2, 0) is 19.1 Å². The van der Waals surface area contributed by atoms with Crippen molar-refractivity contribution in [2.45, 2.75) is 19.6 Å². The second-order valence-electron chi connectivity index (χ2n) is 3.97. The Hall–Kier alpha value is -2.10. The standard InChI is InChI=1S/C14H14O4/c1-2-11-13(15)17-12(18-14(11)16)9-8-10-6-4-3-5-7-10/h3-9,11-12H,2H2,1H3. The van der Waals surface area contributed by atoms with Gasteiger partial charge in [0.05, 0.1) is 0 Å². The number of ether oxygens (including phenoxy) is 2. The van der Waals surface area contributed by atoms with Gasteiger partial charge in [0.2, 0.25) is 0 Å². The van der Waals surface area contributed by atoms with Crippen LogP contribution in [0.3, 0.4) is 0 Å². The lowest BCUT2D eigenvalue weighted by atomic mass is 10.1. The highest BCUT2D eigenvalue weighted by atomic mass is 16.7. The third kappa shape index (κ3) is 2.77. The van der Waals surface area contributed by atoms with Crippen LogP contribution in [0.5, 0.6) is 0 Å². The average molecular weight is 246 g/mol. The van der Waals surface area contributed by atoms with Crippen molar-refractivity contribution in [1.82, 2.24) is 0 Å². The van der Waals surface area contributed by atoms with E-state index in [0.29, 0.717) is 6.42 Å². The Labute approximate surface area is 105 Å². The van der Waals surface area contributed by atoms with E-state index in [4.69, 9.17) is 9.47 Å². The molecule has 0 bridgehead atoms. The molecule has 0 N–H and O–H groups in total. The van der Waals surface area contributed by atoms with Crippen molar-refractivity contribution in [2.24, 2.45) is 5.92 Å². The van der Waals surface area contributed by atoms with Crippen LogP contribution in [0.25, 0.3) is 6.08 Å². The van der Waals surface area contributed by atoms with Gasteiger partial charge in [-0.2, -0.15) is 0 Å². The smallest absolute Gasteiger partial charge is 0.323 e. The van der Waals surface area contributed by atoms with Gasteiger partial charge in [0.15, 0.2) is 5.92 Å². The summed E-state index contributed by atoms with van der Waals surface area (Å²) >= 11 is 0. The molecule has 1 aliphatic rings. The second kappa shape index (κ2) is 5.49. The predicted octanol–water partition coefficient (Wildman–Crippen LogP) is 2.15. The largest absolute Gasteiger partial charge is 0.421 e. The van der Waals surface area contributed by atoms with E-state index >= 15 is 0 Å². The van der Waals surface area contributed by atoms with Crippen molar-refractivity contribution in [3.05, 3.63) is 42.0 Å². The molecule has 1 fully saturated rings. The quantitative estimate of drug-likeness (QED) is 0.605. The van der Waals surface area contributed by atoms with Crippen LogP contribution in [0.1, 0.15) is 18.9 Å². The van der Waals surface area contributed by atoms with Gasteiger partial charge in [-0.1, -0.05) is 43.3 Å². The molecule has 0 radical (unpaired) electrons. The van der Waals surface area contributed by atoms with Gasteiger partial charge in [-0.25, -0.2) is 0 Å². The Morgan fingerprint density at radius 2 is 1.72 bits per heavy atom. The maximum Gasteiger partial charge on any atom is 0.323 e. The van der Waals surface area contributed by atoms with Gasteiger partial charge in [0.1, 0.15) is 0 Å². The molecule has 2 rings (SSSR count). The van der Waals surface area contributed by atoms with Crippen LogP contribution in [0, 0.1) is 5.92 Å². The van der Waals surface area contributed by atoms with Gasteiger partial charge < -0.3 is 9.47 Å². The molecule has 1 aromatic carbocycles. The number of carbonyl (C=O) groups is 2. The van der Waals surface area contributed by atoms with E-state index in [1.165, 1.54) is 0 Å². The first kappa shape index (κ1) is 12.4. The van der Waals surface area contributed by atoms with Gasteiger partial charge in [-0.05, 0) is 18.1 Å². The fourth-order valence-electron chi connectivity index (χ4n) is 1.68. The molecule has 94 valence electrons. The fraction of sp³-hybridized carbons (Fsp3) is 0.286. The molecule has 0 saturated carbocycles. The summed E-state index contributed by atoms with van der Waals surface area (Å²) in [5, 5.41) is 0. The number of hydrogen-bond donors (Lipinski definition) is 0. The molecular formula is C14H14O4. The normalized spacial score (nSPS) is 23.8. The Bertz CT molecular complexity index is 446. The van der Waals surface area contributed by atoms with Crippen molar-refractivity contribution in [3.8, 4) is 0 Å². The summed E-state index contributed by atoms with van der Waals surface area (Å²) < 4.78 is 10.0. The van der Waals surface area contributed by atoms with Crippen LogP contribution in [0.2, 0.25) is 0 Å². The van der Waals surface area contributed by atoms with Crippen LogP contribution >= 0.6 is 0 Å². The number of rotatable bonds is 3. The van der Waals surface area contributed by atoms with Crippen LogP contribution in [0.4, 0.5) is 0 Å². The number of cyclic esters (lactones) is 2. The lowest BCUT2D eigenvalue weighted by Gasteiger charge is -2.24. The van der Waals surface area contributed by atoms with Crippen molar-refractivity contribution < 1.29 is 19.1 Å². The monoisotopic (exact) mass is 246 g/mol. The minimum absolute atomic E-state index is 0.396. The minimum Gasteiger partial charge on any atom is -0.421 e. The fourth-order valence-corrected chi connectivity index (χ4v) is 1.68. The second-order valence-corrected chi connectivity index (χ2v) is 3.97. The van der Waals surface area contributed by atoms with Crippen LogP contribution in [0.15, 0.2) is 36.4 Å². The third-order valence-electron chi connectivity index (χ3n) is 2.69. The maximum absolute atomic E-state index is 11.5. The summed E-state index contributed by atoms with van der Waals surface area (Å²) in [6, 6.07) is 9.50. The molecule has 1 aromatic rings. The Balaban J connectivity index is 2.02. The summed E-state index contributed by atoms with van der Waals surface area (Å²) in [7, 11) is 0. The van der Waals surface area contributed by atoms with Gasteiger partial charge >= 0.3 is 11.9 Å². The van der Waals surface area contributed by atoms with Gasteiger partial charge in [0.25, 0.3) is 6.29 Å². The number of hydrogen-bond acceptors (Lipinski definition) is 4. The molecule has 0 aliphatic carbocycles. The van der Waals surface area contributed by atoms with Crippen molar-refractivity contribution >= 4 is 18.0 Å². The molecule has 0 unspecified atom stereocenters. The summed E-state index contributed by atoms with van der Waals surface area (Å²) in [4.78, 5) is 23.0. The zero-order valence-corrected chi connectivity index (χ0v) is 10.0. The molecule has 0 atom stereocenters. The highest BCUT2D eigenvalue weighted by Crippen LogP contribution is 2.18.